The summed E-state index contributed by atoms with van der Waals surface area (Å²) in [5.74, 6) is 0.226. The van der Waals surface area contributed by atoms with Crippen LogP contribution in [-0.2, 0) is 16.3 Å². The van der Waals surface area contributed by atoms with Gasteiger partial charge in [0.1, 0.15) is 16.8 Å². The van der Waals surface area contributed by atoms with Gasteiger partial charge in [0.05, 0.1) is 23.2 Å². The minimum atomic E-state index is -2.99. The molecule has 0 radical (unpaired) electrons. The molecule has 98 valence electrons. The van der Waals surface area contributed by atoms with Crippen LogP contribution in [0.1, 0.15) is 37.1 Å². The minimum absolute atomic E-state index is 0.0604. The maximum Gasteiger partial charge on any atom is 0.152 e. The van der Waals surface area contributed by atoms with Crippen LogP contribution in [0.3, 0.4) is 0 Å². The summed E-state index contributed by atoms with van der Waals surface area (Å²) >= 11 is 6.12. The largest absolute Gasteiger partial charge is 0.248 e. The maximum absolute atomic E-state index is 11.5. The van der Waals surface area contributed by atoms with E-state index in [0.717, 1.165) is 6.42 Å². The molecule has 0 bridgehead atoms. The SMILES string of the molecule is CCCc1nn(C2CCS(=O)(=O)C2)c(Cl)c1C#N. The van der Waals surface area contributed by atoms with Crippen LogP contribution in [0.4, 0.5) is 0 Å². The van der Waals surface area contributed by atoms with Gasteiger partial charge in [-0.25, -0.2) is 13.1 Å². The van der Waals surface area contributed by atoms with Crippen LogP contribution in [0.2, 0.25) is 5.15 Å². The van der Waals surface area contributed by atoms with Crippen LogP contribution in [0.25, 0.3) is 0 Å². The van der Waals surface area contributed by atoms with Gasteiger partial charge in [-0.3, -0.25) is 0 Å². The van der Waals surface area contributed by atoms with Crippen molar-refractivity contribution < 1.29 is 8.42 Å². The first-order valence-electron chi connectivity index (χ1n) is 5.86. The highest BCUT2D eigenvalue weighted by Crippen LogP contribution is 2.29. The van der Waals surface area contributed by atoms with Gasteiger partial charge in [0.2, 0.25) is 0 Å². The Morgan fingerprint density at radius 1 is 1.61 bits per heavy atom. The van der Waals surface area contributed by atoms with E-state index >= 15 is 0 Å². The Labute approximate surface area is 111 Å². The molecule has 1 atom stereocenters. The van der Waals surface area contributed by atoms with E-state index in [4.69, 9.17) is 16.9 Å². The molecule has 1 unspecified atom stereocenters. The van der Waals surface area contributed by atoms with Gasteiger partial charge in [0, 0.05) is 0 Å². The highest BCUT2D eigenvalue weighted by molar-refractivity contribution is 7.91. The molecule has 0 spiro atoms. The fourth-order valence-corrected chi connectivity index (χ4v) is 4.21. The average Bonchev–Trinajstić information content (AvgIpc) is 2.80. The zero-order valence-electron chi connectivity index (χ0n) is 10.1. The standard InChI is InChI=1S/C11H14ClN3O2S/c1-2-3-10-9(6-13)11(12)15(14-10)8-4-5-18(16,17)7-8/h8H,2-5,7H2,1H3. The third kappa shape index (κ3) is 2.38. The lowest BCUT2D eigenvalue weighted by molar-refractivity contribution is 0.495. The lowest BCUT2D eigenvalue weighted by atomic mass is 10.2. The molecule has 5 nitrogen and oxygen atoms in total. The first-order chi connectivity index (χ1) is 8.48. The van der Waals surface area contributed by atoms with Gasteiger partial charge < -0.3 is 0 Å². The molecule has 1 saturated heterocycles. The zero-order valence-corrected chi connectivity index (χ0v) is 11.6. The van der Waals surface area contributed by atoms with Gasteiger partial charge >= 0.3 is 0 Å². The van der Waals surface area contributed by atoms with Crippen molar-refractivity contribution in [2.24, 2.45) is 0 Å². The molecule has 0 aromatic carbocycles. The summed E-state index contributed by atoms with van der Waals surface area (Å²) in [6.45, 7) is 1.99. The summed E-state index contributed by atoms with van der Waals surface area (Å²) in [7, 11) is -2.99. The molecule has 1 aliphatic heterocycles. The zero-order chi connectivity index (χ0) is 13.3. The van der Waals surface area contributed by atoms with Crippen LogP contribution < -0.4 is 0 Å². The van der Waals surface area contributed by atoms with Gasteiger partial charge in [-0.05, 0) is 12.8 Å². The molecule has 1 fully saturated rings. The molecule has 0 amide bonds. The van der Waals surface area contributed by atoms with Crippen LogP contribution in [0.15, 0.2) is 0 Å². The fraction of sp³-hybridized carbons (Fsp3) is 0.636. The molecule has 7 heteroatoms. The molecular weight excluding hydrogens is 274 g/mol. The van der Waals surface area contributed by atoms with E-state index in [9.17, 15) is 8.42 Å². The molecular formula is C11H14ClN3O2S. The first kappa shape index (κ1) is 13.4. The Bertz CT molecular complexity index is 601. The van der Waals surface area contributed by atoms with Gasteiger partial charge in [0.15, 0.2) is 9.84 Å². The Balaban J connectivity index is 2.38. The normalized spacial score (nSPS) is 21.9. The number of hydrogen-bond donors (Lipinski definition) is 0. The van der Waals surface area contributed by atoms with Gasteiger partial charge in [-0.2, -0.15) is 10.4 Å². The number of halogens is 1. The minimum Gasteiger partial charge on any atom is -0.248 e. The Morgan fingerprint density at radius 3 is 2.83 bits per heavy atom. The summed E-state index contributed by atoms with van der Waals surface area (Å²) in [6, 6.07) is 1.81. The highest BCUT2D eigenvalue weighted by atomic mass is 35.5. The van der Waals surface area contributed by atoms with Crippen molar-refractivity contribution in [1.29, 1.82) is 5.26 Å². The van der Waals surface area contributed by atoms with Gasteiger partial charge in [0.25, 0.3) is 0 Å². The van der Waals surface area contributed by atoms with E-state index in [1.807, 2.05) is 13.0 Å². The number of aryl methyl sites for hydroxylation is 1. The van der Waals surface area contributed by atoms with Crippen molar-refractivity contribution in [3.63, 3.8) is 0 Å². The molecule has 0 aliphatic carbocycles. The number of sulfone groups is 1. The number of hydrogen-bond acceptors (Lipinski definition) is 4. The van der Waals surface area contributed by atoms with E-state index in [0.29, 0.717) is 24.1 Å². The summed E-state index contributed by atoms with van der Waals surface area (Å²) in [5.41, 5.74) is 1.04. The molecule has 2 heterocycles. The molecule has 1 aromatic rings. The molecule has 18 heavy (non-hydrogen) atoms. The smallest absolute Gasteiger partial charge is 0.152 e. The summed E-state index contributed by atoms with van der Waals surface area (Å²) < 4.78 is 24.4. The lowest BCUT2D eigenvalue weighted by Crippen LogP contribution is -2.12. The fourth-order valence-electron chi connectivity index (χ4n) is 2.19. The number of nitrogens with zero attached hydrogens (tertiary/aromatic N) is 3. The monoisotopic (exact) mass is 287 g/mol. The maximum atomic E-state index is 11.5. The molecule has 0 N–H and O–H groups in total. The second-order valence-electron chi connectivity index (χ2n) is 4.48. The second kappa shape index (κ2) is 4.90. The van der Waals surface area contributed by atoms with Gasteiger partial charge in [-0.15, -0.1) is 0 Å². The Hall–Kier alpha value is -1.06. The highest BCUT2D eigenvalue weighted by Gasteiger charge is 2.32. The molecule has 1 aliphatic rings. The summed E-state index contributed by atoms with van der Waals surface area (Å²) in [4.78, 5) is 0. The van der Waals surface area contributed by atoms with Crippen molar-refractivity contribution in [1.82, 2.24) is 9.78 Å². The second-order valence-corrected chi connectivity index (χ2v) is 7.06. The predicted octanol–water partition coefficient (Wildman–Crippen LogP) is 1.72. The van der Waals surface area contributed by atoms with E-state index in [1.54, 1.807) is 0 Å². The van der Waals surface area contributed by atoms with E-state index in [2.05, 4.69) is 5.10 Å². The number of nitriles is 1. The predicted molar refractivity (Wildman–Crippen MR) is 68.3 cm³/mol. The summed E-state index contributed by atoms with van der Waals surface area (Å²) in [6.07, 6.45) is 2.06. The van der Waals surface area contributed by atoms with E-state index < -0.39 is 9.84 Å². The van der Waals surface area contributed by atoms with E-state index in [1.165, 1.54) is 4.68 Å². The number of rotatable bonds is 3. The van der Waals surface area contributed by atoms with Crippen molar-refractivity contribution >= 4 is 21.4 Å². The summed E-state index contributed by atoms with van der Waals surface area (Å²) in [5, 5.41) is 13.7. The molecule has 0 saturated carbocycles. The van der Waals surface area contributed by atoms with Crippen molar-refractivity contribution in [3.05, 3.63) is 16.4 Å². The van der Waals surface area contributed by atoms with Crippen LogP contribution >= 0.6 is 11.6 Å². The van der Waals surface area contributed by atoms with Crippen molar-refractivity contribution in [2.45, 2.75) is 32.2 Å². The Kier molecular flexibility index (Phi) is 3.64. The third-order valence-corrected chi connectivity index (χ3v) is 5.19. The molecule has 2 rings (SSSR count). The van der Waals surface area contributed by atoms with Crippen LogP contribution in [-0.4, -0.2) is 29.7 Å². The average molecular weight is 288 g/mol. The topological polar surface area (TPSA) is 75.8 Å². The Morgan fingerprint density at radius 2 is 2.33 bits per heavy atom. The molecule has 1 aromatic heterocycles. The van der Waals surface area contributed by atoms with Crippen molar-refractivity contribution in [2.75, 3.05) is 11.5 Å². The van der Waals surface area contributed by atoms with E-state index in [-0.39, 0.29) is 22.7 Å². The number of aromatic nitrogens is 2. The van der Waals surface area contributed by atoms with Crippen molar-refractivity contribution in [3.8, 4) is 6.07 Å². The third-order valence-electron chi connectivity index (χ3n) is 3.08. The van der Waals surface area contributed by atoms with Gasteiger partial charge in [-0.1, -0.05) is 24.9 Å². The quantitative estimate of drug-likeness (QED) is 0.848. The van der Waals surface area contributed by atoms with Crippen LogP contribution in [0.5, 0.6) is 0 Å². The lowest BCUT2D eigenvalue weighted by Gasteiger charge is -2.09. The first-order valence-corrected chi connectivity index (χ1v) is 8.06. The van der Waals surface area contributed by atoms with Crippen LogP contribution in [0, 0.1) is 11.3 Å².